The maximum Gasteiger partial charge on any atom is 0.326 e. The number of carbonyl (C=O) groups excluding carboxylic acids is 3. The van der Waals surface area contributed by atoms with Gasteiger partial charge in [-0.25, -0.2) is 4.79 Å². The third-order valence-electron chi connectivity index (χ3n) is 6.69. The van der Waals surface area contributed by atoms with Crippen molar-refractivity contribution in [1.82, 2.24) is 15.1 Å². The first kappa shape index (κ1) is 21.3. The molecule has 166 valence electrons. The summed E-state index contributed by atoms with van der Waals surface area (Å²) in [7, 11) is 0. The molecule has 3 fully saturated rings. The molecule has 3 atom stereocenters. The predicted molar refractivity (Wildman–Crippen MR) is 111 cm³/mol. The third kappa shape index (κ3) is 4.14. The Morgan fingerprint density at radius 3 is 2.52 bits per heavy atom. The summed E-state index contributed by atoms with van der Waals surface area (Å²) in [6, 6.07) is 7.51. The van der Waals surface area contributed by atoms with Crippen LogP contribution in [-0.4, -0.2) is 75.9 Å². The van der Waals surface area contributed by atoms with E-state index in [4.69, 9.17) is 5.73 Å². The van der Waals surface area contributed by atoms with E-state index in [0.717, 1.165) is 18.4 Å². The van der Waals surface area contributed by atoms with Crippen molar-refractivity contribution >= 4 is 23.7 Å². The lowest BCUT2D eigenvalue weighted by Crippen LogP contribution is -2.63. The minimum atomic E-state index is -1.15. The van der Waals surface area contributed by atoms with Crippen molar-refractivity contribution in [3.63, 3.8) is 0 Å². The molecule has 4 rings (SSSR count). The van der Waals surface area contributed by atoms with Crippen molar-refractivity contribution in [1.29, 1.82) is 0 Å². The second-order valence-electron chi connectivity index (χ2n) is 8.75. The summed E-state index contributed by atoms with van der Waals surface area (Å²) in [6.07, 6.45) is 2.11. The first-order valence-corrected chi connectivity index (χ1v) is 10.7. The molecule has 1 aromatic rings. The minimum absolute atomic E-state index is 0.0836. The zero-order valence-corrected chi connectivity index (χ0v) is 17.3. The lowest BCUT2D eigenvalue weighted by atomic mass is 9.95. The molecule has 1 aliphatic carbocycles. The van der Waals surface area contributed by atoms with E-state index in [0.29, 0.717) is 25.9 Å². The van der Waals surface area contributed by atoms with Crippen LogP contribution in [-0.2, 0) is 25.6 Å². The molecule has 1 saturated carbocycles. The molecule has 1 spiro atoms. The van der Waals surface area contributed by atoms with Gasteiger partial charge in [0.2, 0.25) is 17.7 Å². The molecule has 0 unspecified atom stereocenters. The summed E-state index contributed by atoms with van der Waals surface area (Å²) in [4.78, 5) is 53.3. The normalized spacial score (nSPS) is 25.5. The summed E-state index contributed by atoms with van der Waals surface area (Å²) in [5.41, 5.74) is 5.62. The Balaban J connectivity index is 1.62. The molecular weight excluding hydrogens is 400 g/mol. The molecule has 1 aromatic carbocycles. The average Bonchev–Trinajstić information content (AvgIpc) is 3.39. The Hall–Kier alpha value is -2.94. The molecule has 0 radical (unpaired) electrons. The number of benzene rings is 1. The molecule has 0 aromatic heterocycles. The van der Waals surface area contributed by atoms with Gasteiger partial charge < -0.3 is 26.0 Å². The Bertz CT molecular complexity index is 885. The largest absolute Gasteiger partial charge is 0.480 e. The molecule has 2 heterocycles. The molecule has 2 saturated heterocycles. The first-order chi connectivity index (χ1) is 14.8. The molecule has 9 nitrogen and oxygen atoms in total. The van der Waals surface area contributed by atoms with Crippen LogP contribution in [0.4, 0.5) is 0 Å². The second-order valence-corrected chi connectivity index (χ2v) is 8.75. The number of amides is 3. The van der Waals surface area contributed by atoms with Gasteiger partial charge in [-0.1, -0.05) is 30.3 Å². The van der Waals surface area contributed by atoms with Crippen molar-refractivity contribution in [3.05, 3.63) is 35.9 Å². The minimum Gasteiger partial charge on any atom is -0.480 e. The number of carbonyl (C=O) groups is 4. The van der Waals surface area contributed by atoms with Crippen LogP contribution < -0.4 is 11.1 Å². The zero-order valence-electron chi connectivity index (χ0n) is 17.3. The van der Waals surface area contributed by atoms with E-state index >= 15 is 0 Å². The van der Waals surface area contributed by atoms with Crippen molar-refractivity contribution in [3.8, 4) is 0 Å². The highest BCUT2D eigenvalue weighted by molar-refractivity contribution is 5.96. The Morgan fingerprint density at radius 2 is 1.90 bits per heavy atom. The highest BCUT2D eigenvalue weighted by atomic mass is 16.4. The van der Waals surface area contributed by atoms with Gasteiger partial charge in [-0.2, -0.15) is 0 Å². The smallest absolute Gasteiger partial charge is 0.326 e. The van der Waals surface area contributed by atoms with E-state index < -0.39 is 35.4 Å². The number of nitrogens with two attached hydrogens (primary N) is 1. The molecule has 0 bridgehead atoms. The molecule has 4 N–H and O–H groups in total. The Kier molecular flexibility index (Phi) is 5.70. The van der Waals surface area contributed by atoms with Gasteiger partial charge in [-0.3, -0.25) is 14.4 Å². The van der Waals surface area contributed by atoms with Gasteiger partial charge in [0.25, 0.3) is 0 Å². The van der Waals surface area contributed by atoms with Crippen LogP contribution in [0, 0.1) is 5.92 Å². The van der Waals surface area contributed by atoms with Crippen LogP contribution in [0.5, 0.6) is 0 Å². The number of nitrogens with zero attached hydrogens (tertiary/aromatic N) is 2. The number of primary amides is 1. The molecule has 2 aliphatic heterocycles. The number of aliphatic carboxylic acids is 1. The maximum absolute atomic E-state index is 13.7. The number of hydrogen-bond donors (Lipinski definition) is 3. The summed E-state index contributed by atoms with van der Waals surface area (Å²) < 4.78 is 0. The quantitative estimate of drug-likeness (QED) is 0.548. The molecule has 31 heavy (non-hydrogen) atoms. The topological polar surface area (TPSA) is 133 Å². The molecular formula is C22H28N4O5. The van der Waals surface area contributed by atoms with Crippen molar-refractivity contribution in [2.75, 3.05) is 19.6 Å². The van der Waals surface area contributed by atoms with E-state index in [9.17, 15) is 24.3 Å². The van der Waals surface area contributed by atoms with Crippen molar-refractivity contribution in [2.24, 2.45) is 11.7 Å². The number of likely N-dealkylation sites (tertiary alicyclic amines) is 1. The number of carboxylic acids is 1. The van der Waals surface area contributed by atoms with Gasteiger partial charge in [0, 0.05) is 38.4 Å². The number of rotatable bonds is 7. The van der Waals surface area contributed by atoms with Crippen LogP contribution in [0.3, 0.4) is 0 Å². The predicted octanol–water partition coefficient (Wildman–Crippen LogP) is -0.261. The fourth-order valence-electron chi connectivity index (χ4n) is 4.95. The fraction of sp³-hybridized carbons (Fsp3) is 0.545. The number of nitrogens with one attached hydrogen (secondary N) is 1. The van der Waals surface area contributed by atoms with Crippen LogP contribution in [0.2, 0.25) is 0 Å². The summed E-state index contributed by atoms with van der Waals surface area (Å²) in [5, 5.41) is 13.1. The first-order valence-electron chi connectivity index (χ1n) is 10.7. The van der Waals surface area contributed by atoms with E-state index in [1.54, 1.807) is 4.90 Å². The lowest BCUT2D eigenvalue weighted by Gasteiger charge is -2.40. The Morgan fingerprint density at radius 1 is 1.19 bits per heavy atom. The SMILES string of the molecule is NC(=O)C[C@H]1CCN(C(=O)[C@H](Cc2ccccc2)N2CCNC3(CC3)C2=O)[C@@H]1C(=O)O. The van der Waals surface area contributed by atoms with Gasteiger partial charge in [0.15, 0.2) is 0 Å². The third-order valence-corrected chi connectivity index (χ3v) is 6.69. The fourth-order valence-corrected chi connectivity index (χ4v) is 4.95. The standard InChI is InChI=1S/C22H28N4O5/c23-17(27)13-15-6-10-26(18(15)20(29)30)19(28)16(12-14-4-2-1-3-5-14)25-11-9-24-22(7-8-22)21(25)31/h1-5,15-16,18,24H,6-13H2,(H2,23,27)(H,29,30)/t15-,16+,18+/m1/s1. The molecule has 3 aliphatic rings. The average molecular weight is 428 g/mol. The summed E-state index contributed by atoms with van der Waals surface area (Å²) in [5.74, 6) is -2.73. The van der Waals surface area contributed by atoms with E-state index in [2.05, 4.69) is 5.32 Å². The van der Waals surface area contributed by atoms with Gasteiger partial charge in [-0.05, 0) is 24.8 Å². The van der Waals surface area contributed by atoms with Crippen LogP contribution in [0.25, 0.3) is 0 Å². The summed E-state index contributed by atoms with van der Waals surface area (Å²) >= 11 is 0. The lowest BCUT2D eigenvalue weighted by molar-refractivity contribution is -0.155. The van der Waals surface area contributed by atoms with Gasteiger partial charge >= 0.3 is 5.97 Å². The van der Waals surface area contributed by atoms with E-state index in [1.807, 2.05) is 30.3 Å². The van der Waals surface area contributed by atoms with Gasteiger partial charge in [-0.15, -0.1) is 0 Å². The highest BCUT2D eigenvalue weighted by Crippen LogP contribution is 2.40. The maximum atomic E-state index is 13.7. The van der Waals surface area contributed by atoms with Crippen LogP contribution in [0.15, 0.2) is 30.3 Å². The Labute approximate surface area is 180 Å². The van der Waals surface area contributed by atoms with Gasteiger partial charge in [0.1, 0.15) is 12.1 Å². The number of hydrogen-bond acceptors (Lipinski definition) is 5. The van der Waals surface area contributed by atoms with Crippen LogP contribution in [0.1, 0.15) is 31.2 Å². The zero-order chi connectivity index (χ0) is 22.2. The molecule has 3 amide bonds. The molecule has 9 heteroatoms. The van der Waals surface area contributed by atoms with Crippen molar-refractivity contribution < 1.29 is 24.3 Å². The van der Waals surface area contributed by atoms with E-state index in [1.165, 1.54) is 4.90 Å². The second kappa shape index (κ2) is 8.30. The summed E-state index contributed by atoms with van der Waals surface area (Å²) in [6.45, 7) is 1.21. The number of carboxylic acid groups (broad SMARTS) is 1. The number of piperazine rings is 1. The van der Waals surface area contributed by atoms with Crippen molar-refractivity contribution in [2.45, 2.75) is 49.7 Å². The monoisotopic (exact) mass is 428 g/mol. The van der Waals surface area contributed by atoms with E-state index in [-0.39, 0.29) is 24.8 Å². The van der Waals surface area contributed by atoms with Crippen LogP contribution >= 0.6 is 0 Å². The van der Waals surface area contributed by atoms with Gasteiger partial charge in [0.05, 0.1) is 5.54 Å². The highest BCUT2D eigenvalue weighted by Gasteiger charge is 2.56.